The number of hydrogen-bond donors (Lipinski definition) is 0. The molecule has 0 bridgehead atoms. The van der Waals surface area contributed by atoms with Crippen LogP contribution in [0.1, 0.15) is 28.4 Å². The van der Waals surface area contributed by atoms with Crippen LogP contribution >= 0.6 is 0 Å². The summed E-state index contributed by atoms with van der Waals surface area (Å²) >= 11 is 0. The number of rotatable bonds is 2. The fourth-order valence-corrected chi connectivity index (χ4v) is 2.34. The fraction of sp³-hybridized carbons (Fsp3) is 0.118. The summed E-state index contributed by atoms with van der Waals surface area (Å²) in [4.78, 5) is 11.8. The molecule has 1 aliphatic rings. The predicted octanol–water partition coefficient (Wildman–Crippen LogP) is 3.79. The number of fused-ring (bicyclic) bond motifs is 1. The molecular formula is C17H14O2. The zero-order chi connectivity index (χ0) is 13.3. The Morgan fingerprint density at radius 1 is 1.00 bits per heavy atom. The first-order valence-electron chi connectivity index (χ1n) is 6.26. The monoisotopic (exact) mass is 250 g/mol. The Morgan fingerprint density at radius 3 is 2.47 bits per heavy atom. The van der Waals surface area contributed by atoms with E-state index >= 15 is 0 Å². The topological polar surface area (TPSA) is 26.3 Å². The van der Waals surface area contributed by atoms with Crippen molar-refractivity contribution >= 4 is 12.0 Å². The fourth-order valence-electron chi connectivity index (χ4n) is 2.34. The maximum Gasteiger partial charge on any atom is 0.339 e. The zero-order valence-corrected chi connectivity index (χ0v) is 10.7. The van der Waals surface area contributed by atoms with E-state index in [1.807, 2.05) is 67.6 Å². The summed E-state index contributed by atoms with van der Waals surface area (Å²) in [7, 11) is 0. The molecule has 0 fully saturated rings. The Balaban J connectivity index is 1.98. The molecule has 3 rings (SSSR count). The third-order valence-corrected chi connectivity index (χ3v) is 3.38. The number of hydrogen-bond acceptors (Lipinski definition) is 2. The van der Waals surface area contributed by atoms with Crippen molar-refractivity contribution in [3.63, 3.8) is 0 Å². The van der Waals surface area contributed by atoms with Gasteiger partial charge >= 0.3 is 5.97 Å². The highest BCUT2D eigenvalue weighted by Gasteiger charge is 2.39. The second kappa shape index (κ2) is 4.39. The molecule has 2 aromatic rings. The molecule has 1 atom stereocenters. The van der Waals surface area contributed by atoms with Gasteiger partial charge in [0.25, 0.3) is 0 Å². The first kappa shape index (κ1) is 11.7. The van der Waals surface area contributed by atoms with Crippen LogP contribution in [0.3, 0.4) is 0 Å². The average molecular weight is 250 g/mol. The van der Waals surface area contributed by atoms with E-state index in [0.717, 1.165) is 11.1 Å². The molecule has 0 saturated carbocycles. The van der Waals surface area contributed by atoms with Gasteiger partial charge in [-0.2, -0.15) is 0 Å². The average Bonchev–Trinajstić information content (AvgIpc) is 2.71. The van der Waals surface area contributed by atoms with Crippen LogP contribution in [0, 0.1) is 0 Å². The van der Waals surface area contributed by atoms with Crippen LogP contribution < -0.4 is 0 Å². The molecule has 2 aromatic carbocycles. The predicted molar refractivity (Wildman–Crippen MR) is 74.7 cm³/mol. The van der Waals surface area contributed by atoms with Crippen molar-refractivity contribution in [3.05, 3.63) is 77.4 Å². The number of carbonyl (C=O) groups is 1. The lowest BCUT2D eigenvalue weighted by Crippen LogP contribution is -2.18. The molecule has 1 unspecified atom stereocenters. The van der Waals surface area contributed by atoms with E-state index in [1.54, 1.807) is 6.07 Å². The van der Waals surface area contributed by atoms with Crippen LogP contribution in [0.15, 0.2) is 60.7 Å². The maximum atomic E-state index is 11.8. The van der Waals surface area contributed by atoms with E-state index in [1.165, 1.54) is 0 Å². The first-order valence-corrected chi connectivity index (χ1v) is 6.26. The van der Waals surface area contributed by atoms with Crippen LogP contribution in [0.2, 0.25) is 0 Å². The Bertz CT molecular complexity index is 643. The van der Waals surface area contributed by atoms with E-state index in [0.29, 0.717) is 5.56 Å². The molecule has 1 aliphatic heterocycles. The van der Waals surface area contributed by atoms with Crippen molar-refractivity contribution in [2.24, 2.45) is 0 Å². The van der Waals surface area contributed by atoms with Crippen molar-refractivity contribution in [2.75, 3.05) is 0 Å². The third-order valence-electron chi connectivity index (χ3n) is 3.38. The molecule has 0 radical (unpaired) electrons. The molecule has 0 spiro atoms. The minimum Gasteiger partial charge on any atom is -0.447 e. The highest BCUT2D eigenvalue weighted by molar-refractivity contribution is 5.95. The van der Waals surface area contributed by atoms with Gasteiger partial charge in [-0.15, -0.1) is 0 Å². The summed E-state index contributed by atoms with van der Waals surface area (Å²) in [6, 6.07) is 17.5. The van der Waals surface area contributed by atoms with Crippen LogP contribution in [-0.2, 0) is 10.3 Å². The minimum absolute atomic E-state index is 0.254. The Morgan fingerprint density at radius 2 is 1.68 bits per heavy atom. The molecule has 2 heteroatoms. The highest BCUT2D eigenvalue weighted by atomic mass is 16.6. The SMILES string of the molecule is CC1(/C=C/c2ccccc2)OC(=O)c2ccccc21. The summed E-state index contributed by atoms with van der Waals surface area (Å²) < 4.78 is 5.52. The van der Waals surface area contributed by atoms with Crippen molar-refractivity contribution in [1.29, 1.82) is 0 Å². The molecule has 0 amide bonds. The lowest BCUT2D eigenvalue weighted by molar-refractivity contribution is 0.0210. The van der Waals surface area contributed by atoms with Crippen molar-refractivity contribution in [1.82, 2.24) is 0 Å². The molecule has 19 heavy (non-hydrogen) atoms. The number of carbonyl (C=O) groups excluding carboxylic acids is 1. The first-order chi connectivity index (χ1) is 9.19. The summed E-state index contributed by atoms with van der Waals surface area (Å²) in [6.07, 6.45) is 3.92. The van der Waals surface area contributed by atoms with E-state index in [4.69, 9.17) is 4.74 Å². The van der Waals surface area contributed by atoms with Crippen LogP contribution in [0.4, 0.5) is 0 Å². The van der Waals surface area contributed by atoms with Gasteiger partial charge in [-0.25, -0.2) is 4.79 Å². The van der Waals surface area contributed by atoms with Gasteiger partial charge in [0.1, 0.15) is 0 Å². The smallest absolute Gasteiger partial charge is 0.339 e. The second-order valence-corrected chi connectivity index (χ2v) is 4.79. The van der Waals surface area contributed by atoms with Crippen molar-refractivity contribution < 1.29 is 9.53 Å². The third kappa shape index (κ3) is 2.06. The van der Waals surface area contributed by atoms with Gasteiger partial charge in [0.15, 0.2) is 5.60 Å². The summed E-state index contributed by atoms with van der Waals surface area (Å²) in [5, 5.41) is 0. The standard InChI is InChI=1S/C17H14O2/c1-17(12-11-13-7-3-2-4-8-13)15-10-6-5-9-14(15)16(18)19-17/h2-12H,1H3/b12-11+. The maximum absolute atomic E-state index is 11.8. The van der Waals surface area contributed by atoms with Crippen LogP contribution in [0.5, 0.6) is 0 Å². The van der Waals surface area contributed by atoms with Crippen LogP contribution in [0.25, 0.3) is 6.08 Å². The largest absolute Gasteiger partial charge is 0.447 e. The quantitative estimate of drug-likeness (QED) is 0.758. The molecule has 1 heterocycles. The number of esters is 1. The van der Waals surface area contributed by atoms with Gasteiger partial charge in [-0.05, 0) is 24.6 Å². The number of benzene rings is 2. The van der Waals surface area contributed by atoms with Crippen molar-refractivity contribution in [3.8, 4) is 0 Å². The van der Waals surface area contributed by atoms with E-state index in [9.17, 15) is 4.79 Å². The summed E-state index contributed by atoms with van der Waals surface area (Å²) in [6.45, 7) is 1.91. The van der Waals surface area contributed by atoms with Gasteiger partial charge in [-0.3, -0.25) is 0 Å². The molecule has 2 nitrogen and oxygen atoms in total. The molecule has 0 N–H and O–H groups in total. The van der Waals surface area contributed by atoms with E-state index < -0.39 is 5.60 Å². The summed E-state index contributed by atoms with van der Waals surface area (Å²) in [5.74, 6) is -0.254. The summed E-state index contributed by atoms with van der Waals surface area (Å²) in [5.41, 5.74) is 1.99. The molecule has 0 aliphatic carbocycles. The lowest BCUT2D eigenvalue weighted by Gasteiger charge is -2.19. The van der Waals surface area contributed by atoms with Gasteiger partial charge in [0.2, 0.25) is 0 Å². The van der Waals surface area contributed by atoms with Crippen molar-refractivity contribution in [2.45, 2.75) is 12.5 Å². The molecule has 0 aromatic heterocycles. The molecule has 94 valence electrons. The molecular weight excluding hydrogens is 236 g/mol. The number of cyclic esters (lactones) is 1. The van der Waals surface area contributed by atoms with Gasteiger partial charge in [0, 0.05) is 5.56 Å². The normalized spacial score (nSPS) is 21.4. The van der Waals surface area contributed by atoms with Crippen LogP contribution in [-0.4, -0.2) is 5.97 Å². The van der Waals surface area contributed by atoms with E-state index in [-0.39, 0.29) is 5.97 Å². The Labute approximate surface area is 112 Å². The highest BCUT2D eigenvalue weighted by Crippen LogP contribution is 2.37. The van der Waals surface area contributed by atoms with Gasteiger partial charge in [-0.1, -0.05) is 54.6 Å². The zero-order valence-electron chi connectivity index (χ0n) is 10.7. The second-order valence-electron chi connectivity index (χ2n) is 4.79. The van der Waals surface area contributed by atoms with Gasteiger partial charge in [0.05, 0.1) is 5.56 Å². The Hall–Kier alpha value is -2.35. The Kier molecular flexibility index (Phi) is 2.71. The number of ether oxygens (including phenoxy) is 1. The van der Waals surface area contributed by atoms with E-state index in [2.05, 4.69) is 0 Å². The van der Waals surface area contributed by atoms with Gasteiger partial charge < -0.3 is 4.74 Å². The minimum atomic E-state index is -0.677. The molecule has 0 saturated heterocycles. The lowest BCUT2D eigenvalue weighted by atomic mass is 9.93.